The van der Waals surface area contributed by atoms with Gasteiger partial charge in [0.1, 0.15) is 4.90 Å². The molecule has 8 heteroatoms. The van der Waals surface area contributed by atoms with Gasteiger partial charge in [-0.2, -0.15) is 5.10 Å². The summed E-state index contributed by atoms with van der Waals surface area (Å²) >= 11 is 5.99. The lowest BCUT2D eigenvalue weighted by atomic mass is 10.2. The molecular weight excluding hydrogens is 288 g/mol. The molecule has 0 bridgehead atoms. The molecule has 0 fully saturated rings. The maximum absolute atomic E-state index is 12.2. The van der Waals surface area contributed by atoms with Crippen LogP contribution in [0.4, 0.5) is 11.5 Å². The van der Waals surface area contributed by atoms with Crippen molar-refractivity contribution in [3.63, 3.8) is 0 Å². The maximum atomic E-state index is 12.2. The lowest BCUT2D eigenvalue weighted by Gasteiger charge is -2.09. The van der Waals surface area contributed by atoms with Gasteiger partial charge in [0.05, 0.1) is 10.7 Å². The Morgan fingerprint density at radius 3 is 2.63 bits per heavy atom. The van der Waals surface area contributed by atoms with Gasteiger partial charge in [0.15, 0.2) is 5.82 Å². The molecule has 0 aliphatic carbocycles. The fourth-order valence-electron chi connectivity index (χ4n) is 1.59. The molecule has 0 unspecified atom stereocenters. The molecule has 102 valence electrons. The van der Waals surface area contributed by atoms with Crippen LogP contribution in [0.15, 0.2) is 29.3 Å². The van der Waals surface area contributed by atoms with Gasteiger partial charge in [-0.25, -0.2) is 8.42 Å². The number of hydrogen-bond acceptors (Lipinski definition) is 4. The summed E-state index contributed by atoms with van der Waals surface area (Å²) in [7, 11) is -2.21. The van der Waals surface area contributed by atoms with E-state index in [9.17, 15) is 8.42 Å². The Hall–Kier alpha value is -1.73. The van der Waals surface area contributed by atoms with Crippen molar-refractivity contribution in [2.24, 2.45) is 7.05 Å². The zero-order valence-electron chi connectivity index (χ0n) is 10.4. The average molecular weight is 301 g/mol. The molecule has 0 spiro atoms. The first-order chi connectivity index (χ1) is 8.79. The third-order valence-corrected chi connectivity index (χ3v) is 4.18. The lowest BCUT2D eigenvalue weighted by molar-refractivity contribution is 0.601. The van der Waals surface area contributed by atoms with Crippen LogP contribution in [0.2, 0.25) is 5.02 Å². The number of rotatable bonds is 3. The van der Waals surface area contributed by atoms with Crippen LogP contribution in [0.5, 0.6) is 0 Å². The van der Waals surface area contributed by atoms with E-state index in [1.165, 1.54) is 10.9 Å². The minimum atomic E-state index is -3.80. The summed E-state index contributed by atoms with van der Waals surface area (Å²) in [6, 6.07) is 5.03. The van der Waals surface area contributed by atoms with E-state index in [0.29, 0.717) is 10.7 Å². The zero-order valence-corrected chi connectivity index (χ0v) is 12.0. The summed E-state index contributed by atoms with van der Waals surface area (Å²) in [5.74, 6) is -0.0572. The summed E-state index contributed by atoms with van der Waals surface area (Å²) in [6.07, 6.45) is 1.33. The van der Waals surface area contributed by atoms with Crippen molar-refractivity contribution in [2.45, 2.75) is 11.8 Å². The first kappa shape index (κ1) is 13.7. The number of aromatic nitrogens is 2. The number of benzene rings is 1. The highest BCUT2D eigenvalue weighted by Crippen LogP contribution is 2.26. The molecule has 2 rings (SSSR count). The molecule has 0 radical (unpaired) electrons. The number of aryl methyl sites for hydroxylation is 2. The van der Waals surface area contributed by atoms with E-state index in [1.807, 2.05) is 6.92 Å². The number of sulfonamides is 1. The van der Waals surface area contributed by atoms with E-state index >= 15 is 0 Å². The van der Waals surface area contributed by atoms with Gasteiger partial charge in [0.25, 0.3) is 10.0 Å². The SMILES string of the molecule is Cc1ccc(NS(=O)(=O)c2cn(C)nc2N)c(Cl)c1. The summed E-state index contributed by atoms with van der Waals surface area (Å²) in [6.45, 7) is 1.86. The number of hydrogen-bond donors (Lipinski definition) is 2. The monoisotopic (exact) mass is 300 g/mol. The molecule has 1 aromatic carbocycles. The van der Waals surface area contributed by atoms with E-state index in [1.54, 1.807) is 25.2 Å². The molecule has 0 atom stereocenters. The second-order valence-electron chi connectivity index (χ2n) is 4.14. The Morgan fingerprint density at radius 2 is 2.11 bits per heavy atom. The molecule has 0 saturated carbocycles. The largest absolute Gasteiger partial charge is 0.381 e. The molecule has 19 heavy (non-hydrogen) atoms. The van der Waals surface area contributed by atoms with Crippen molar-refractivity contribution in [1.29, 1.82) is 0 Å². The van der Waals surface area contributed by atoms with Gasteiger partial charge in [0.2, 0.25) is 0 Å². The minimum absolute atomic E-state index is 0.0572. The highest BCUT2D eigenvalue weighted by atomic mass is 35.5. The van der Waals surface area contributed by atoms with Crippen molar-refractivity contribution < 1.29 is 8.42 Å². The minimum Gasteiger partial charge on any atom is -0.381 e. The maximum Gasteiger partial charge on any atom is 0.267 e. The van der Waals surface area contributed by atoms with Crippen LogP contribution in [-0.4, -0.2) is 18.2 Å². The molecular formula is C11H13ClN4O2S. The van der Waals surface area contributed by atoms with Crippen LogP contribution in [0.1, 0.15) is 5.56 Å². The molecule has 0 aliphatic heterocycles. The third kappa shape index (κ3) is 2.82. The van der Waals surface area contributed by atoms with Gasteiger partial charge in [-0.15, -0.1) is 0 Å². The van der Waals surface area contributed by atoms with Crippen LogP contribution in [0.25, 0.3) is 0 Å². The predicted octanol–water partition coefficient (Wildman–Crippen LogP) is 1.76. The van der Waals surface area contributed by atoms with Crippen LogP contribution in [0, 0.1) is 6.92 Å². The standard InChI is InChI=1S/C11H13ClN4O2S/c1-7-3-4-9(8(12)5-7)15-19(17,18)10-6-16(2)14-11(10)13/h3-6,15H,1-2H3,(H2,13,14). The Kier molecular flexibility index (Phi) is 3.42. The fraction of sp³-hybridized carbons (Fsp3) is 0.182. The molecule has 6 nitrogen and oxygen atoms in total. The number of halogens is 1. The topological polar surface area (TPSA) is 90.0 Å². The Bertz CT molecular complexity index is 724. The third-order valence-electron chi connectivity index (χ3n) is 2.48. The van der Waals surface area contributed by atoms with Crippen molar-refractivity contribution in [3.05, 3.63) is 35.0 Å². The van der Waals surface area contributed by atoms with Gasteiger partial charge < -0.3 is 5.73 Å². The second kappa shape index (κ2) is 4.75. The average Bonchev–Trinajstić information content (AvgIpc) is 2.63. The smallest absolute Gasteiger partial charge is 0.267 e. The highest BCUT2D eigenvalue weighted by molar-refractivity contribution is 7.92. The first-order valence-corrected chi connectivity index (χ1v) is 7.24. The van der Waals surface area contributed by atoms with E-state index in [4.69, 9.17) is 17.3 Å². The van der Waals surface area contributed by atoms with Gasteiger partial charge in [-0.3, -0.25) is 9.40 Å². The second-order valence-corrected chi connectivity index (χ2v) is 6.20. The van der Waals surface area contributed by atoms with E-state index in [-0.39, 0.29) is 10.7 Å². The van der Waals surface area contributed by atoms with Gasteiger partial charge in [-0.05, 0) is 24.6 Å². The molecule has 0 aliphatic rings. The number of nitrogens with one attached hydrogen (secondary N) is 1. The van der Waals surface area contributed by atoms with Crippen molar-refractivity contribution in [3.8, 4) is 0 Å². The number of nitrogens with zero attached hydrogens (tertiary/aromatic N) is 2. The zero-order chi connectivity index (χ0) is 14.2. The first-order valence-electron chi connectivity index (χ1n) is 5.37. The fourth-order valence-corrected chi connectivity index (χ4v) is 3.12. The molecule has 0 amide bonds. The molecule has 2 aromatic rings. The molecule has 1 heterocycles. The molecule has 0 saturated heterocycles. The van der Waals surface area contributed by atoms with E-state index in [2.05, 4.69) is 9.82 Å². The summed E-state index contributed by atoms with van der Waals surface area (Å²) < 4.78 is 28.1. The van der Waals surface area contributed by atoms with Crippen molar-refractivity contribution >= 4 is 33.1 Å². The van der Waals surface area contributed by atoms with Gasteiger partial charge in [0, 0.05) is 13.2 Å². The summed E-state index contributed by atoms with van der Waals surface area (Å²) in [4.78, 5) is -0.0772. The van der Waals surface area contributed by atoms with Crippen molar-refractivity contribution in [1.82, 2.24) is 9.78 Å². The van der Waals surface area contributed by atoms with Gasteiger partial charge in [-0.1, -0.05) is 17.7 Å². The normalized spacial score (nSPS) is 11.5. The van der Waals surface area contributed by atoms with Crippen LogP contribution in [-0.2, 0) is 17.1 Å². The highest BCUT2D eigenvalue weighted by Gasteiger charge is 2.21. The number of nitrogens with two attached hydrogens (primary N) is 1. The predicted molar refractivity (Wildman–Crippen MR) is 74.6 cm³/mol. The van der Waals surface area contributed by atoms with E-state index in [0.717, 1.165) is 5.56 Å². The Balaban J connectivity index is 2.39. The molecule has 3 N–H and O–H groups in total. The number of nitrogen functional groups attached to an aromatic ring is 1. The number of anilines is 2. The van der Waals surface area contributed by atoms with Crippen molar-refractivity contribution in [2.75, 3.05) is 10.5 Å². The lowest BCUT2D eigenvalue weighted by Crippen LogP contribution is -2.14. The molecule has 1 aromatic heterocycles. The quantitative estimate of drug-likeness (QED) is 0.904. The Morgan fingerprint density at radius 1 is 1.42 bits per heavy atom. The van der Waals surface area contributed by atoms with Crippen LogP contribution >= 0.6 is 11.6 Å². The van der Waals surface area contributed by atoms with Gasteiger partial charge >= 0.3 is 0 Å². The summed E-state index contributed by atoms with van der Waals surface area (Å²) in [5, 5.41) is 4.12. The van der Waals surface area contributed by atoms with Crippen LogP contribution in [0.3, 0.4) is 0 Å². The van der Waals surface area contributed by atoms with E-state index < -0.39 is 10.0 Å². The summed E-state index contributed by atoms with van der Waals surface area (Å²) in [5.41, 5.74) is 6.80. The van der Waals surface area contributed by atoms with Crippen LogP contribution < -0.4 is 10.5 Å². The Labute approximate surface area is 116 Å².